The molecule has 4 heteroatoms. The summed E-state index contributed by atoms with van der Waals surface area (Å²) in [5.74, 6) is 0. The Labute approximate surface area is 70.2 Å². The second kappa shape index (κ2) is 3.85. The van der Waals surface area contributed by atoms with E-state index in [1.165, 1.54) is 0 Å². The average Bonchev–Trinajstić information content (AvgIpc) is 2.15. The third-order valence-corrected chi connectivity index (χ3v) is 1.28. The van der Waals surface area contributed by atoms with Crippen LogP contribution in [0.4, 0.5) is 5.69 Å². The predicted octanol–water partition coefficient (Wildman–Crippen LogP) is 0.960. The van der Waals surface area contributed by atoms with Crippen LogP contribution < -0.4 is 10.4 Å². The SMILES string of the molecule is N#CNN(C#N)c1ccccc1. The Kier molecular flexibility index (Phi) is 2.53. The van der Waals surface area contributed by atoms with Crippen molar-refractivity contribution >= 4 is 5.69 Å². The Morgan fingerprint density at radius 2 is 1.83 bits per heavy atom. The zero-order valence-corrected chi connectivity index (χ0v) is 6.23. The van der Waals surface area contributed by atoms with Gasteiger partial charge in [-0.05, 0) is 12.1 Å². The molecule has 1 aromatic rings. The minimum atomic E-state index is 0.640. The molecule has 12 heavy (non-hydrogen) atoms. The maximum Gasteiger partial charge on any atom is 0.205 e. The standard InChI is InChI=1S/C8H6N4/c9-6-11-12(7-10)8-4-2-1-3-5-8/h1-5,11H. The molecule has 0 saturated carbocycles. The summed E-state index contributed by atoms with van der Waals surface area (Å²) in [7, 11) is 0. The number of hydrogen-bond acceptors (Lipinski definition) is 4. The fraction of sp³-hybridized carbons (Fsp3) is 0. The van der Waals surface area contributed by atoms with Gasteiger partial charge in [0.1, 0.15) is 0 Å². The van der Waals surface area contributed by atoms with Gasteiger partial charge in [0.25, 0.3) is 0 Å². The van der Waals surface area contributed by atoms with E-state index in [0.29, 0.717) is 5.69 Å². The van der Waals surface area contributed by atoms with Crippen LogP contribution in [0.5, 0.6) is 0 Å². The minimum absolute atomic E-state index is 0.640. The van der Waals surface area contributed by atoms with Crippen LogP contribution in [0.3, 0.4) is 0 Å². The van der Waals surface area contributed by atoms with E-state index in [-0.39, 0.29) is 0 Å². The van der Waals surface area contributed by atoms with Crippen LogP contribution in [0.1, 0.15) is 0 Å². The summed E-state index contributed by atoms with van der Waals surface area (Å²) in [5.41, 5.74) is 2.87. The van der Waals surface area contributed by atoms with Crippen LogP contribution in [0.2, 0.25) is 0 Å². The molecule has 1 rings (SSSR count). The summed E-state index contributed by atoms with van der Waals surface area (Å²) in [6.07, 6.45) is 3.49. The highest BCUT2D eigenvalue weighted by molar-refractivity contribution is 5.48. The van der Waals surface area contributed by atoms with Crippen molar-refractivity contribution in [3.05, 3.63) is 30.3 Å². The zero-order valence-electron chi connectivity index (χ0n) is 6.23. The van der Waals surface area contributed by atoms with E-state index in [9.17, 15) is 0 Å². The van der Waals surface area contributed by atoms with Crippen molar-refractivity contribution in [2.75, 3.05) is 5.01 Å². The van der Waals surface area contributed by atoms with Crippen molar-refractivity contribution in [3.63, 3.8) is 0 Å². The van der Waals surface area contributed by atoms with Gasteiger partial charge in [-0.2, -0.15) is 15.5 Å². The lowest BCUT2D eigenvalue weighted by atomic mass is 10.3. The van der Waals surface area contributed by atoms with Crippen molar-refractivity contribution in [1.29, 1.82) is 10.5 Å². The number of hydrazine groups is 1. The summed E-state index contributed by atoms with van der Waals surface area (Å²) in [6.45, 7) is 0. The van der Waals surface area contributed by atoms with Gasteiger partial charge in [0, 0.05) is 0 Å². The highest BCUT2D eigenvalue weighted by Crippen LogP contribution is 2.08. The first kappa shape index (κ1) is 7.90. The molecule has 0 spiro atoms. The van der Waals surface area contributed by atoms with Gasteiger partial charge in [-0.25, -0.2) is 5.43 Å². The van der Waals surface area contributed by atoms with E-state index in [1.54, 1.807) is 30.5 Å². The quantitative estimate of drug-likeness (QED) is 0.395. The van der Waals surface area contributed by atoms with Gasteiger partial charge in [0.2, 0.25) is 6.19 Å². The number of hydrogen-bond donors (Lipinski definition) is 1. The molecule has 58 valence electrons. The van der Waals surface area contributed by atoms with Gasteiger partial charge in [0.15, 0.2) is 6.19 Å². The summed E-state index contributed by atoms with van der Waals surface area (Å²) < 4.78 is 0. The van der Waals surface area contributed by atoms with Crippen molar-refractivity contribution in [1.82, 2.24) is 5.43 Å². The highest BCUT2D eigenvalue weighted by atomic mass is 15.5. The van der Waals surface area contributed by atoms with Crippen molar-refractivity contribution in [2.24, 2.45) is 0 Å². The van der Waals surface area contributed by atoms with E-state index in [2.05, 4.69) is 5.43 Å². The third-order valence-electron chi connectivity index (χ3n) is 1.28. The first-order valence-electron chi connectivity index (χ1n) is 3.28. The first-order chi connectivity index (χ1) is 5.88. The van der Waals surface area contributed by atoms with Gasteiger partial charge >= 0.3 is 0 Å². The second-order valence-electron chi connectivity index (χ2n) is 1.99. The van der Waals surface area contributed by atoms with Crippen LogP contribution >= 0.6 is 0 Å². The third kappa shape index (κ3) is 1.65. The number of anilines is 1. The molecule has 0 radical (unpaired) electrons. The number of rotatable bonds is 2. The molecular weight excluding hydrogens is 152 g/mol. The molecule has 0 aliphatic rings. The molecule has 0 saturated heterocycles. The van der Waals surface area contributed by atoms with E-state index in [0.717, 1.165) is 5.01 Å². The van der Waals surface area contributed by atoms with Crippen molar-refractivity contribution in [3.8, 4) is 12.4 Å². The lowest BCUT2D eigenvalue weighted by molar-refractivity contribution is 0.904. The summed E-state index contributed by atoms with van der Waals surface area (Å²) >= 11 is 0. The van der Waals surface area contributed by atoms with Crippen LogP contribution in [-0.2, 0) is 0 Å². The van der Waals surface area contributed by atoms with Gasteiger partial charge in [-0.1, -0.05) is 18.2 Å². The molecule has 4 nitrogen and oxygen atoms in total. The Bertz CT molecular complexity index is 319. The maximum absolute atomic E-state index is 8.57. The smallest absolute Gasteiger partial charge is 0.205 e. The number of benzene rings is 1. The van der Waals surface area contributed by atoms with E-state index >= 15 is 0 Å². The molecule has 0 unspecified atom stereocenters. The molecule has 0 atom stereocenters. The number of nitriles is 2. The zero-order chi connectivity index (χ0) is 8.81. The summed E-state index contributed by atoms with van der Waals surface area (Å²) in [4.78, 5) is 0. The molecule has 0 aromatic heterocycles. The molecule has 0 amide bonds. The normalized spacial score (nSPS) is 7.83. The molecular formula is C8H6N4. The molecule has 1 aromatic carbocycles. The monoisotopic (exact) mass is 158 g/mol. The molecule has 0 aliphatic heterocycles. The Morgan fingerprint density at radius 3 is 2.33 bits per heavy atom. The Hall–Kier alpha value is -2.20. The summed E-state index contributed by atoms with van der Waals surface area (Å²) in [5, 5.41) is 17.9. The number of para-hydroxylation sites is 1. The number of nitrogens with zero attached hydrogens (tertiary/aromatic N) is 3. The highest BCUT2D eigenvalue weighted by Gasteiger charge is 2.00. The Balaban J connectivity index is 2.84. The van der Waals surface area contributed by atoms with Gasteiger partial charge < -0.3 is 0 Å². The van der Waals surface area contributed by atoms with Gasteiger partial charge in [-0.15, -0.1) is 0 Å². The largest absolute Gasteiger partial charge is 0.220 e. The molecule has 0 bridgehead atoms. The molecule has 1 N–H and O–H groups in total. The topological polar surface area (TPSA) is 62.9 Å². The van der Waals surface area contributed by atoms with Gasteiger partial charge in [0.05, 0.1) is 5.69 Å². The fourth-order valence-electron chi connectivity index (χ4n) is 0.774. The minimum Gasteiger partial charge on any atom is -0.220 e. The van der Waals surface area contributed by atoms with Crippen LogP contribution in [-0.4, -0.2) is 0 Å². The van der Waals surface area contributed by atoms with Gasteiger partial charge in [-0.3, -0.25) is 0 Å². The predicted molar refractivity (Wildman–Crippen MR) is 43.3 cm³/mol. The summed E-state index contributed by atoms with van der Waals surface area (Å²) in [6, 6.07) is 8.88. The van der Waals surface area contributed by atoms with Crippen molar-refractivity contribution < 1.29 is 0 Å². The lowest BCUT2D eigenvalue weighted by Gasteiger charge is -2.10. The van der Waals surface area contributed by atoms with E-state index < -0.39 is 0 Å². The lowest BCUT2D eigenvalue weighted by Crippen LogP contribution is -2.29. The maximum atomic E-state index is 8.57. The average molecular weight is 158 g/mol. The Morgan fingerprint density at radius 1 is 1.17 bits per heavy atom. The van der Waals surface area contributed by atoms with Crippen molar-refractivity contribution in [2.45, 2.75) is 0 Å². The number of nitrogens with one attached hydrogen (secondary N) is 1. The molecule has 0 aliphatic carbocycles. The second-order valence-corrected chi connectivity index (χ2v) is 1.99. The van der Waals surface area contributed by atoms with Crippen LogP contribution in [0.25, 0.3) is 0 Å². The van der Waals surface area contributed by atoms with E-state index in [4.69, 9.17) is 10.5 Å². The first-order valence-corrected chi connectivity index (χ1v) is 3.28. The molecule has 0 heterocycles. The molecule has 0 fully saturated rings. The van der Waals surface area contributed by atoms with E-state index in [1.807, 2.05) is 12.3 Å². The fourth-order valence-corrected chi connectivity index (χ4v) is 0.774. The van der Waals surface area contributed by atoms with Crippen LogP contribution in [0.15, 0.2) is 30.3 Å². The van der Waals surface area contributed by atoms with Crippen LogP contribution in [0, 0.1) is 22.9 Å².